The molecule has 0 bridgehead atoms. The number of nitrogens with zero attached hydrogens (tertiary/aromatic N) is 2. The van der Waals surface area contributed by atoms with Crippen LogP contribution in [0, 0.1) is 0 Å². The molecule has 2 aliphatic rings. The van der Waals surface area contributed by atoms with Gasteiger partial charge < -0.3 is 19.6 Å². The lowest BCUT2D eigenvalue weighted by Crippen LogP contribution is -2.35. The highest BCUT2D eigenvalue weighted by Gasteiger charge is 2.23. The number of anilines is 1. The van der Waals surface area contributed by atoms with Gasteiger partial charge >= 0.3 is 0 Å². The number of fused-ring (bicyclic) bond motifs is 1. The molecule has 23 heavy (non-hydrogen) atoms. The van der Waals surface area contributed by atoms with E-state index in [2.05, 4.69) is 4.90 Å². The molecule has 3 rings (SSSR count). The summed E-state index contributed by atoms with van der Waals surface area (Å²) < 4.78 is 5.43. The molecule has 1 N–H and O–H groups in total. The van der Waals surface area contributed by atoms with Gasteiger partial charge in [-0.25, -0.2) is 0 Å². The van der Waals surface area contributed by atoms with Crippen LogP contribution in [-0.4, -0.2) is 49.2 Å². The average Bonchev–Trinajstić information content (AvgIpc) is 2.84. The third-order valence-electron chi connectivity index (χ3n) is 4.87. The van der Waals surface area contributed by atoms with Gasteiger partial charge in [0.2, 0.25) is 0 Å². The summed E-state index contributed by atoms with van der Waals surface area (Å²) in [6.45, 7) is 3.29. The predicted molar refractivity (Wildman–Crippen MR) is 89.8 cm³/mol. The molecule has 1 aromatic carbocycles. The maximum Gasteiger partial charge on any atom is 0.264 e. The Morgan fingerprint density at radius 3 is 2.70 bits per heavy atom. The van der Waals surface area contributed by atoms with Gasteiger partial charge in [-0.3, -0.25) is 4.79 Å². The summed E-state index contributed by atoms with van der Waals surface area (Å²) in [5, 5.41) is 10.5. The van der Waals surface area contributed by atoms with Gasteiger partial charge in [-0.15, -0.1) is 0 Å². The number of amides is 1. The van der Waals surface area contributed by atoms with Crippen molar-refractivity contribution in [3.63, 3.8) is 0 Å². The van der Waals surface area contributed by atoms with Gasteiger partial charge in [-0.2, -0.15) is 0 Å². The quantitative estimate of drug-likeness (QED) is 0.926. The second-order valence-corrected chi connectivity index (χ2v) is 6.53. The maximum atomic E-state index is 11.7. The zero-order valence-electron chi connectivity index (χ0n) is 13.8. The molecule has 5 heteroatoms. The zero-order chi connectivity index (χ0) is 16.2. The maximum absolute atomic E-state index is 11.7. The number of likely N-dealkylation sites (N-methyl/N-ethyl adjacent to an activating group) is 1. The molecule has 1 aromatic rings. The zero-order valence-corrected chi connectivity index (χ0v) is 13.8. The highest BCUT2D eigenvalue weighted by molar-refractivity contribution is 5.97. The number of aliphatic hydroxyl groups excluding tert-OH is 1. The lowest BCUT2D eigenvalue weighted by molar-refractivity contribution is -0.120. The smallest absolute Gasteiger partial charge is 0.264 e. The largest absolute Gasteiger partial charge is 0.482 e. The van der Waals surface area contributed by atoms with Gasteiger partial charge in [-0.1, -0.05) is 18.9 Å². The third kappa shape index (κ3) is 3.85. The fraction of sp³-hybridized carbons (Fsp3) is 0.611. The van der Waals surface area contributed by atoms with Crippen molar-refractivity contribution in [3.05, 3.63) is 23.8 Å². The molecule has 5 nitrogen and oxygen atoms in total. The van der Waals surface area contributed by atoms with E-state index in [4.69, 9.17) is 4.74 Å². The van der Waals surface area contributed by atoms with Crippen LogP contribution in [0.5, 0.6) is 5.75 Å². The van der Waals surface area contributed by atoms with Crippen LogP contribution < -0.4 is 9.64 Å². The predicted octanol–water partition coefficient (Wildman–Crippen LogP) is 2.34. The van der Waals surface area contributed by atoms with Crippen molar-refractivity contribution in [3.8, 4) is 5.75 Å². The van der Waals surface area contributed by atoms with Crippen LogP contribution >= 0.6 is 0 Å². The molecule has 0 radical (unpaired) electrons. The summed E-state index contributed by atoms with van der Waals surface area (Å²) in [6, 6.07) is 5.62. The Morgan fingerprint density at radius 2 is 1.96 bits per heavy atom. The van der Waals surface area contributed by atoms with Crippen LogP contribution in [0.15, 0.2) is 18.2 Å². The number of hydrogen-bond acceptors (Lipinski definition) is 4. The molecule has 126 valence electrons. The molecular formula is C18H26N2O3. The van der Waals surface area contributed by atoms with Crippen LogP contribution in [0.2, 0.25) is 0 Å². The second kappa shape index (κ2) is 7.32. The topological polar surface area (TPSA) is 53.0 Å². The summed E-state index contributed by atoms with van der Waals surface area (Å²) >= 11 is 0. The Kier molecular flexibility index (Phi) is 5.18. The van der Waals surface area contributed by atoms with Crippen LogP contribution in [0.25, 0.3) is 0 Å². The molecule has 2 aliphatic heterocycles. The van der Waals surface area contributed by atoms with Crippen LogP contribution in [0.4, 0.5) is 5.69 Å². The van der Waals surface area contributed by atoms with Crippen LogP contribution in [0.1, 0.15) is 43.8 Å². The third-order valence-corrected chi connectivity index (χ3v) is 4.87. The Balaban J connectivity index is 1.63. The van der Waals surface area contributed by atoms with E-state index >= 15 is 0 Å². The Labute approximate surface area is 137 Å². The van der Waals surface area contributed by atoms with E-state index in [0.29, 0.717) is 5.75 Å². The summed E-state index contributed by atoms with van der Waals surface area (Å²) in [5.41, 5.74) is 1.59. The first kappa shape index (κ1) is 16.3. The first-order valence-electron chi connectivity index (χ1n) is 8.59. The molecule has 1 atom stereocenters. The van der Waals surface area contributed by atoms with Gasteiger partial charge in [0, 0.05) is 13.6 Å². The van der Waals surface area contributed by atoms with Crippen molar-refractivity contribution in [2.45, 2.75) is 38.2 Å². The van der Waals surface area contributed by atoms with Gasteiger partial charge in [0.15, 0.2) is 6.61 Å². The van der Waals surface area contributed by atoms with Crippen LogP contribution in [-0.2, 0) is 4.79 Å². The van der Waals surface area contributed by atoms with Gasteiger partial charge in [-0.05, 0) is 50.0 Å². The van der Waals surface area contributed by atoms with Crippen molar-refractivity contribution in [1.82, 2.24) is 4.90 Å². The molecule has 1 unspecified atom stereocenters. The highest BCUT2D eigenvalue weighted by Crippen LogP contribution is 2.34. The summed E-state index contributed by atoms with van der Waals surface area (Å²) in [4.78, 5) is 15.8. The van der Waals surface area contributed by atoms with Crippen molar-refractivity contribution in [1.29, 1.82) is 0 Å². The number of carbonyl (C=O) groups excluding carboxylic acids is 1. The molecule has 2 heterocycles. The van der Waals surface area contributed by atoms with E-state index in [1.807, 2.05) is 18.2 Å². The Bertz CT molecular complexity index is 553. The highest BCUT2D eigenvalue weighted by atomic mass is 16.5. The minimum absolute atomic E-state index is 0.0614. The molecular weight excluding hydrogens is 292 g/mol. The number of carbonyl (C=O) groups is 1. The van der Waals surface area contributed by atoms with E-state index in [1.165, 1.54) is 25.7 Å². The van der Waals surface area contributed by atoms with Gasteiger partial charge in [0.25, 0.3) is 5.91 Å². The number of ether oxygens (including phenoxy) is 1. The second-order valence-electron chi connectivity index (χ2n) is 6.53. The first-order valence-corrected chi connectivity index (χ1v) is 8.59. The van der Waals surface area contributed by atoms with Crippen molar-refractivity contribution in [2.24, 2.45) is 0 Å². The monoisotopic (exact) mass is 318 g/mol. The molecule has 1 amide bonds. The summed E-state index contributed by atoms with van der Waals surface area (Å²) in [5.74, 6) is 0.643. The Hall–Kier alpha value is -1.59. The standard InChI is InChI=1S/C18H26N2O3/c1-19-15-12-14(6-7-17(15)23-13-18(19)22)16(21)8-11-20-9-4-2-3-5-10-20/h6-7,12,16,21H,2-5,8-11,13H2,1H3. The van der Waals surface area contributed by atoms with E-state index in [1.54, 1.807) is 11.9 Å². The van der Waals surface area contributed by atoms with Crippen molar-refractivity contribution >= 4 is 11.6 Å². The lowest BCUT2D eigenvalue weighted by Gasteiger charge is -2.27. The number of aliphatic hydroxyl groups is 1. The van der Waals surface area contributed by atoms with Crippen molar-refractivity contribution in [2.75, 3.05) is 38.2 Å². The van der Waals surface area contributed by atoms with Gasteiger partial charge in [0.05, 0.1) is 11.8 Å². The first-order chi connectivity index (χ1) is 11.1. The number of hydrogen-bond donors (Lipinski definition) is 1. The lowest BCUT2D eigenvalue weighted by atomic mass is 10.0. The van der Waals surface area contributed by atoms with E-state index < -0.39 is 6.10 Å². The molecule has 0 aliphatic carbocycles. The normalized spacial score (nSPS) is 20.6. The number of benzene rings is 1. The number of rotatable bonds is 4. The average molecular weight is 318 g/mol. The van der Waals surface area contributed by atoms with E-state index in [-0.39, 0.29) is 12.5 Å². The molecule has 1 saturated heterocycles. The number of likely N-dealkylation sites (tertiary alicyclic amines) is 1. The summed E-state index contributed by atoms with van der Waals surface area (Å²) in [7, 11) is 1.75. The minimum Gasteiger partial charge on any atom is -0.482 e. The molecule has 1 fully saturated rings. The van der Waals surface area contributed by atoms with Crippen LogP contribution in [0.3, 0.4) is 0 Å². The van der Waals surface area contributed by atoms with E-state index in [9.17, 15) is 9.90 Å². The molecule has 0 aromatic heterocycles. The van der Waals surface area contributed by atoms with Crippen molar-refractivity contribution < 1.29 is 14.6 Å². The van der Waals surface area contributed by atoms with Gasteiger partial charge in [0.1, 0.15) is 5.75 Å². The van der Waals surface area contributed by atoms with E-state index in [0.717, 1.165) is 37.3 Å². The SMILES string of the molecule is CN1C(=O)COc2ccc(C(O)CCN3CCCCCC3)cc21. The summed E-state index contributed by atoms with van der Waals surface area (Å²) in [6.07, 6.45) is 5.39. The minimum atomic E-state index is -0.506. The molecule has 0 saturated carbocycles. The fourth-order valence-electron chi connectivity index (χ4n) is 3.33. The fourth-order valence-corrected chi connectivity index (χ4v) is 3.33. The Morgan fingerprint density at radius 1 is 1.22 bits per heavy atom. The molecule has 0 spiro atoms.